The first-order chi connectivity index (χ1) is 19.3. The van der Waals surface area contributed by atoms with E-state index in [-0.39, 0.29) is 11.5 Å². The Morgan fingerprint density at radius 1 is 0.500 bits per heavy atom. The van der Waals surface area contributed by atoms with E-state index in [4.69, 9.17) is 9.47 Å². The minimum atomic E-state index is -1.14. The number of para-hydroxylation sites is 4. The molecule has 1 heterocycles. The number of carboxylic acid groups (broad SMARTS) is 2. The van der Waals surface area contributed by atoms with Gasteiger partial charge >= 0.3 is 11.9 Å². The van der Waals surface area contributed by atoms with Gasteiger partial charge in [-0.25, -0.2) is 9.59 Å². The highest BCUT2D eigenvalue weighted by Gasteiger charge is 2.22. The third-order valence-corrected chi connectivity index (χ3v) is 9.73. The van der Waals surface area contributed by atoms with E-state index in [1.807, 2.05) is 0 Å². The van der Waals surface area contributed by atoms with E-state index in [0.717, 1.165) is 0 Å². The number of rotatable bonds is 6. The van der Waals surface area contributed by atoms with Crippen molar-refractivity contribution in [1.29, 1.82) is 0 Å². The summed E-state index contributed by atoms with van der Waals surface area (Å²) >= 11 is 4.84. The smallest absolute Gasteiger partial charge is 0.341 e. The minimum Gasteiger partial charge on any atom is -0.506 e. The summed E-state index contributed by atoms with van der Waals surface area (Å²) in [5, 5.41) is 41.0. The lowest BCUT2D eigenvalue weighted by Crippen LogP contribution is -2.10. The van der Waals surface area contributed by atoms with Crippen LogP contribution in [0.1, 0.15) is 0 Å². The monoisotopic (exact) mass is 612 g/mol. The maximum absolute atomic E-state index is 11.4. The van der Waals surface area contributed by atoms with E-state index < -0.39 is 25.2 Å². The molecular formula is C28H20O8S4. The molecule has 0 spiro atoms. The zero-order chi connectivity index (χ0) is 28.2. The van der Waals surface area contributed by atoms with Crippen molar-refractivity contribution < 1.29 is 39.5 Å². The number of hydrogen-bond donors (Lipinski definition) is 4. The van der Waals surface area contributed by atoms with Gasteiger partial charge in [0, 0.05) is 0 Å². The average Bonchev–Trinajstić information content (AvgIpc) is 2.91. The fourth-order valence-corrected chi connectivity index (χ4v) is 7.92. The van der Waals surface area contributed by atoms with Crippen LogP contribution < -0.4 is 9.47 Å². The van der Waals surface area contributed by atoms with E-state index in [2.05, 4.69) is 0 Å². The molecule has 0 aliphatic carbocycles. The van der Waals surface area contributed by atoms with Gasteiger partial charge in [0.15, 0.2) is 13.2 Å². The van der Waals surface area contributed by atoms with E-state index in [1.165, 1.54) is 47.0 Å². The van der Waals surface area contributed by atoms with E-state index in [9.17, 15) is 30.0 Å². The summed E-state index contributed by atoms with van der Waals surface area (Å²) in [6, 6.07) is 21.1. The Bertz CT molecular complexity index is 1400. The van der Waals surface area contributed by atoms with Crippen LogP contribution in [-0.4, -0.2) is 45.6 Å². The fraction of sp³-hybridized carbons (Fsp3) is 0.0714. The molecule has 5 rings (SSSR count). The largest absolute Gasteiger partial charge is 0.506 e. The van der Waals surface area contributed by atoms with Crippen LogP contribution in [0.15, 0.2) is 112 Å². The molecule has 4 aromatic carbocycles. The molecular weight excluding hydrogens is 593 g/mol. The Hall–Kier alpha value is -3.58. The van der Waals surface area contributed by atoms with Crippen molar-refractivity contribution in [2.75, 3.05) is 13.2 Å². The SMILES string of the molecule is O=C(O)COc1c2cccc1Sc1cccc(c1O)Sc1cccc(c1OCC(=O)O)Sc1cccc(c1O)S2. The third kappa shape index (κ3) is 6.25. The van der Waals surface area contributed by atoms with Gasteiger partial charge in [-0.1, -0.05) is 71.3 Å². The maximum Gasteiger partial charge on any atom is 0.341 e. The second-order valence-corrected chi connectivity index (χ2v) is 12.5. The van der Waals surface area contributed by atoms with Gasteiger partial charge in [-0.2, -0.15) is 0 Å². The Balaban J connectivity index is 1.70. The Morgan fingerprint density at radius 2 is 0.750 bits per heavy atom. The fourth-order valence-electron chi connectivity index (χ4n) is 3.67. The van der Waals surface area contributed by atoms with E-state index >= 15 is 0 Å². The molecule has 204 valence electrons. The number of phenols is 2. The molecule has 4 N–H and O–H groups in total. The number of hydrogen-bond acceptors (Lipinski definition) is 10. The van der Waals surface area contributed by atoms with Gasteiger partial charge in [-0.15, -0.1) is 0 Å². The lowest BCUT2D eigenvalue weighted by Gasteiger charge is -2.18. The van der Waals surface area contributed by atoms with E-state index in [0.29, 0.717) is 50.7 Å². The number of benzene rings is 4. The molecule has 0 fully saturated rings. The normalized spacial score (nSPS) is 12.4. The number of ether oxygens (including phenoxy) is 2. The van der Waals surface area contributed by atoms with Gasteiger partial charge in [0.2, 0.25) is 0 Å². The quantitative estimate of drug-likeness (QED) is 0.158. The molecule has 1 aliphatic heterocycles. The first-order valence-corrected chi connectivity index (χ1v) is 14.9. The predicted octanol–water partition coefficient (Wildman–Crippen LogP) is 6.94. The summed E-state index contributed by atoms with van der Waals surface area (Å²) in [7, 11) is 0. The van der Waals surface area contributed by atoms with E-state index in [1.54, 1.807) is 72.8 Å². The molecule has 8 bridgehead atoms. The summed E-state index contributed by atoms with van der Waals surface area (Å²) in [5.74, 6) is -1.65. The van der Waals surface area contributed by atoms with Crippen molar-refractivity contribution in [3.05, 3.63) is 72.8 Å². The molecule has 0 unspecified atom stereocenters. The minimum absolute atomic E-state index is 0.00283. The van der Waals surface area contributed by atoms with Crippen molar-refractivity contribution in [2.24, 2.45) is 0 Å². The molecule has 0 saturated heterocycles. The summed E-state index contributed by atoms with van der Waals surface area (Å²) < 4.78 is 11.4. The summed E-state index contributed by atoms with van der Waals surface area (Å²) in [4.78, 5) is 27.0. The van der Waals surface area contributed by atoms with Gasteiger partial charge in [0.05, 0.1) is 39.2 Å². The first-order valence-electron chi connectivity index (χ1n) is 11.6. The predicted molar refractivity (Wildman–Crippen MR) is 152 cm³/mol. The van der Waals surface area contributed by atoms with Gasteiger partial charge in [0.25, 0.3) is 0 Å². The molecule has 4 aromatic rings. The highest BCUT2D eigenvalue weighted by Crippen LogP contribution is 2.52. The highest BCUT2D eigenvalue weighted by atomic mass is 32.2. The molecule has 1 aliphatic rings. The first kappa shape index (κ1) is 28.0. The second-order valence-electron chi connectivity index (χ2n) is 8.15. The topological polar surface area (TPSA) is 134 Å². The molecule has 0 radical (unpaired) electrons. The third-order valence-electron chi connectivity index (χ3n) is 5.37. The Kier molecular flexibility index (Phi) is 8.60. The molecule has 0 aromatic heterocycles. The summed E-state index contributed by atoms with van der Waals surface area (Å²) in [6.45, 7) is -1.13. The van der Waals surface area contributed by atoms with Gasteiger partial charge in [-0.05, 0) is 48.5 Å². The zero-order valence-corrected chi connectivity index (χ0v) is 23.7. The lowest BCUT2D eigenvalue weighted by molar-refractivity contribution is -0.140. The zero-order valence-electron chi connectivity index (χ0n) is 20.4. The molecule has 0 atom stereocenters. The van der Waals surface area contributed by atoms with Crippen molar-refractivity contribution in [3.8, 4) is 23.0 Å². The standard InChI is InChI=1S/C28H20O8S4/c29-23(30)13-35-27-19-9-3-11-21(27)39-17-7-2-8-18(26(17)34)40-22-12-4-10-20(28(22)36-14-24(31)32)38-16-6-1-5-15(37-19)25(16)33/h1-12,33-34H,13-14H2,(H,29,30)(H,31,32). The number of fused-ring (bicyclic) bond motifs is 8. The maximum atomic E-state index is 11.4. The van der Waals surface area contributed by atoms with Crippen LogP contribution in [0.25, 0.3) is 0 Å². The average molecular weight is 613 g/mol. The lowest BCUT2D eigenvalue weighted by atomic mass is 10.3. The number of carboxylic acids is 2. The van der Waals surface area contributed by atoms with Crippen LogP contribution in [0.5, 0.6) is 23.0 Å². The summed E-state index contributed by atoms with van der Waals surface area (Å²) in [6.07, 6.45) is 0. The molecule has 40 heavy (non-hydrogen) atoms. The molecule has 8 nitrogen and oxygen atoms in total. The van der Waals surface area contributed by atoms with Gasteiger partial charge < -0.3 is 29.9 Å². The van der Waals surface area contributed by atoms with Crippen LogP contribution in [0.3, 0.4) is 0 Å². The number of carbonyl (C=O) groups is 2. The van der Waals surface area contributed by atoms with Crippen LogP contribution in [0.2, 0.25) is 0 Å². The van der Waals surface area contributed by atoms with Crippen LogP contribution in [0.4, 0.5) is 0 Å². The Labute approximate surface area is 245 Å². The van der Waals surface area contributed by atoms with Crippen LogP contribution >= 0.6 is 47.0 Å². The van der Waals surface area contributed by atoms with Gasteiger partial charge in [0.1, 0.15) is 23.0 Å². The number of aromatic hydroxyl groups is 2. The molecule has 0 saturated carbocycles. The van der Waals surface area contributed by atoms with Gasteiger partial charge in [-0.3, -0.25) is 0 Å². The molecule has 12 heteroatoms. The van der Waals surface area contributed by atoms with Crippen molar-refractivity contribution in [3.63, 3.8) is 0 Å². The number of aliphatic carboxylic acids is 2. The van der Waals surface area contributed by atoms with Crippen LogP contribution in [-0.2, 0) is 9.59 Å². The molecule has 0 amide bonds. The Morgan fingerprint density at radius 3 is 1.00 bits per heavy atom. The summed E-state index contributed by atoms with van der Waals surface area (Å²) in [5.41, 5.74) is 0. The second kappa shape index (κ2) is 12.3. The van der Waals surface area contributed by atoms with Crippen molar-refractivity contribution in [2.45, 2.75) is 39.2 Å². The van der Waals surface area contributed by atoms with Crippen molar-refractivity contribution >= 4 is 59.0 Å². The number of phenolic OH excluding ortho intramolecular Hbond substituents is 2. The van der Waals surface area contributed by atoms with Crippen molar-refractivity contribution in [1.82, 2.24) is 0 Å². The highest BCUT2D eigenvalue weighted by molar-refractivity contribution is 8.01. The van der Waals surface area contributed by atoms with Crippen LogP contribution in [0, 0.1) is 0 Å².